The molecule has 0 aromatic carbocycles. The average molecular weight is 152 g/mol. The molecule has 0 aromatic heterocycles. The number of hydrogen-bond donors (Lipinski definition) is 1. The van der Waals surface area contributed by atoms with Crippen LogP contribution in [-0.2, 0) is 10.0 Å². The second-order valence-corrected chi connectivity index (χ2v) is 3.46. The molecule has 0 bridgehead atoms. The summed E-state index contributed by atoms with van der Waals surface area (Å²) < 4.78 is 20.7. The van der Waals surface area contributed by atoms with Crippen molar-refractivity contribution in [3.05, 3.63) is 0 Å². The molecule has 5 heteroatoms. The molecule has 55 valence electrons. The van der Waals surface area contributed by atoms with E-state index in [4.69, 9.17) is 5.21 Å². The zero-order valence-corrected chi connectivity index (χ0v) is 6.06. The molecule has 0 rings (SSSR count). The van der Waals surface area contributed by atoms with Crippen molar-refractivity contribution in [2.75, 3.05) is 5.75 Å². The first-order chi connectivity index (χ1) is 4.12. The summed E-state index contributed by atoms with van der Waals surface area (Å²) in [5.41, 5.74) is 0. The lowest BCUT2D eigenvalue weighted by Crippen LogP contribution is -2.15. The van der Waals surface area contributed by atoms with Crippen LogP contribution in [0.3, 0.4) is 0 Å². The Morgan fingerprint density at radius 1 is 1.56 bits per heavy atom. The number of rotatable bonds is 4. The Bertz CT molecular complexity index is 151. The Balaban J connectivity index is 3.61. The van der Waals surface area contributed by atoms with Crippen LogP contribution in [0.1, 0.15) is 19.8 Å². The fourth-order valence-electron chi connectivity index (χ4n) is 0.368. The standard InChI is InChI=1S/C4H10NO3S/c1-2-3-4-9(7,8)5-6/h6H,2-4H2,1H3. The summed E-state index contributed by atoms with van der Waals surface area (Å²) >= 11 is 0. The van der Waals surface area contributed by atoms with Crippen molar-refractivity contribution in [1.82, 2.24) is 4.89 Å². The second-order valence-electron chi connectivity index (χ2n) is 1.72. The molecule has 0 amide bonds. The molecule has 0 aliphatic rings. The lowest BCUT2D eigenvalue weighted by molar-refractivity contribution is 0.233. The number of nitrogens with zero attached hydrogens (tertiary/aromatic N) is 1. The zero-order valence-electron chi connectivity index (χ0n) is 5.24. The molecule has 0 fully saturated rings. The number of hydrogen-bond acceptors (Lipinski definition) is 3. The van der Waals surface area contributed by atoms with Gasteiger partial charge in [-0.25, -0.2) is 8.42 Å². The Labute approximate surface area is 54.9 Å². The predicted octanol–water partition coefficient (Wildman–Crippen LogP) is 0.110. The molecule has 0 heterocycles. The molecule has 1 N–H and O–H groups in total. The van der Waals surface area contributed by atoms with E-state index in [2.05, 4.69) is 4.89 Å². The first-order valence-corrected chi connectivity index (χ1v) is 4.32. The van der Waals surface area contributed by atoms with Crippen molar-refractivity contribution < 1.29 is 13.6 Å². The van der Waals surface area contributed by atoms with Crippen LogP contribution in [0.2, 0.25) is 0 Å². The molecular weight excluding hydrogens is 142 g/mol. The van der Waals surface area contributed by atoms with Crippen molar-refractivity contribution in [3.8, 4) is 0 Å². The maximum absolute atomic E-state index is 10.3. The van der Waals surface area contributed by atoms with Crippen molar-refractivity contribution in [2.45, 2.75) is 19.8 Å². The van der Waals surface area contributed by atoms with Gasteiger partial charge in [0, 0.05) is 4.89 Å². The molecule has 0 saturated heterocycles. The highest BCUT2D eigenvalue weighted by Gasteiger charge is 2.07. The van der Waals surface area contributed by atoms with Crippen LogP contribution in [0.15, 0.2) is 0 Å². The molecule has 0 aliphatic carbocycles. The van der Waals surface area contributed by atoms with E-state index in [0.717, 1.165) is 6.42 Å². The van der Waals surface area contributed by atoms with Gasteiger partial charge in [0.15, 0.2) is 0 Å². The molecule has 0 aliphatic heterocycles. The molecule has 0 unspecified atom stereocenters. The maximum Gasteiger partial charge on any atom is 0.252 e. The van der Waals surface area contributed by atoms with Gasteiger partial charge in [-0.05, 0) is 6.42 Å². The van der Waals surface area contributed by atoms with E-state index < -0.39 is 10.0 Å². The molecule has 0 aromatic rings. The Morgan fingerprint density at radius 3 is 2.44 bits per heavy atom. The summed E-state index contributed by atoms with van der Waals surface area (Å²) in [7, 11) is -3.50. The third-order valence-corrected chi connectivity index (χ3v) is 1.93. The fourth-order valence-corrected chi connectivity index (χ4v) is 1.10. The molecular formula is C4H10NO3S. The first-order valence-electron chi connectivity index (χ1n) is 2.71. The van der Waals surface area contributed by atoms with Gasteiger partial charge in [0.1, 0.15) is 0 Å². The minimum atomic E-state index is -3.50. The molecule has 0 atom stereocenters. The number of sulfonamides is 1. The van der Waals surface area contributed by atoms with Crippen LogP contribution < -0.4 is 4.89 Å². The van der Waals surface area contributed by atoms with Crippen LogP contribution in [-0.4, -0.2) is 19.4 Å². The highest BCUT2D eigenvalue weighted by Crippen LogP contribution is 1.92. The summed E-state index contributed by atoms with van der Waals surface area (Å²) in [6.07, 6.45) is 1.33. The van der Waals surface area contributed by atoms with Gasteiger partial charge < -0.3 is 0 Å². The fraction of sp³-hybridized carbons (Fsp3) is 1.00. The monoisotopic (exact) mass is 152 g/mol. The van der Waals surface area contributed by atoms with Gasteiger partial charge in [0.2, 0.25) is 0 Å². The topological polar surface area (TPSA) is 68.5 Å². The summed E-state index contributed by atoms with van der Waals surface area (Å²) in [6.45, 7) is 1.87. The van der Waals surface area contributed by atoms with Crippen molar-refractivity contribution in [1.29, 1.82) is 0 Å². The van der Waals surface area contributed by atoms with E-state index in [1.54, 1.807) is 0 Å². The minimum absolute atomic E-state index is 0.0556. The molecule has 9 heavy (non-hydrogen) atoms. The number of unbranched alkanes of at least 4 members (excludes halogenated alkanes) is 1. The molecule has 0 saturated carbocycles. The Morgan fingerprint density at radius 2 is 2.11 bits per heavy atom. The zero-order chi connectivity index (χ0) is 7.33. The smallest absolute Gasteiger partial charge is 0.252 e. The summed E-state index contributed by atoms with van der Waals surface area (Å²) in [5.74, 6) is -0.0556. The maximum atomic E-state index is 10.3. The summed E-state index contributed by atoms with van der Waals surface area (Å²) in [6, 6.07) is 0. The predicted molar refractivity (Wildman–Crippen MR) is 32.6 cm³/mol. The van der Waals surface area contributed by atoms with Gasteiger partial charge in [0.05, 0.1) is 5.75 Å². The lowest BCUT2D eigenvalue weighted by Gasteiger charge is -1.94. The van der Waals surface area contributed by atoms with Crippen LogP contribution in [0.25, 0.3) is 0 Å². The highest BCUT2D eigenvalue weighted by atomic mass is 32.2. The van der Waals surface area contributed by atoms with E-state index in [1.165, 1.54) is 0 Å². The van der Waals surface area contributed by atoms with Gasteiger partial charge in [-0.3, -0.25) is 5.21 Å². The second kappa shape index (κ2) is 3.81. The van der Waals surface area contributed by atoms with Gasteiger partial charge in [-0.15, -0.1) is 0 Å². The minimum Gasteiger partial charge on any atom is -0.283 e. The van der Waals surface area contributed by atoms with Gasteiger partial charge in [-0.1, -0.05) is 13.3 Å². The quantitative estimate of drug-likeness (QED) is 0.581. The van der Waals surface area contributed by atoms with Crippen LogP contribution >= 0.6 is 0 Å². The van der Waals surface area contributed by atoms with E-state index in [-0.39, 0.29) is 5.75 Å². The van der Waals surface area contributed by atoms with Crippen molar-refractivity contribution in [2.24, 2.45) is 0 Å². The SMILES string of the molecule is CCCCS(=O)(=O)[N]O. The Kier molecular flexibility index (Phi) is 3.76. The molecule has 4 nitrogen and oxygen atoms in total. The van der Waals surface area contributed by atoms with Crippen molar-refractivity contribution in [3.63, 3.8) is 0 Å². The van der Waals surface area contributed by atoms with Gasteiger partial charge in [-0.2, -0.15) is 0 Å². The van der Waals surface area contributed by atoms with E-state index in [1.807, 2.05) is 6.92 Å². The van der Waals surface area contributed by atoms with Crippen molar-refractivity contribution >= 4 is 10.0 Å². The van der Waals surface area contributed by atoms with E-state index in [9.17, 15) is 8.42 Å². The molecule has 1 radical (unpaired) electrons. The first kappa shape index (κ1) is 8.87. The third kappa shape index (κ3) is 4.38. The van der Waals surface area contributed by atoms with E-state index >= 15 is 0 Å². The summed E-state index contributed by atoms with van der Waals surface area (Å²) in [5, 5.41) is 7.86. The summed E-state index contributed by atoms with van der Waals surface area (Å²) in [4.78, 5) is 2.23. The van der Waals surface area contributed by atoms with Gasteiger partial charge >= 0.3 is 0 Å². The largest absolute Gasteiger partial charge is 0.283 e. The van der Waals surface area contributed by atoms with Crippen LogP contribution in [0.5, 0.6) is 0 Å². The molecule has 0 spiro atoms. The van der Waals surface area contributed by atoms with Crippen LogP contribution in [0, 0.1) is 0 Å². The Hall–Kier alpha value is -0.130. The lowest BCUT2D eigenvalue weighted by atomic mass is 10.4. The third-order valence-electron chi connectivity index (χ3n) is 0.880. The van der Waals surface area contributed by atoms with Gasteiger partial charge in [0.25, 0.3) is 10.0 Å². The average Bonchev–Trinajstić information content (AvgIpc) is 1.84. The van der Waals surface area contributed by atoms with E-state index in [0.29, 0.717) is 6.42 Å². The highest BCUT2D eigenvalue weighted by molar-refractivity contribution is 7.89. The van der Waals surface area contributed by atoms with Crippen LogP contribution in [0.4, 0.5) is 0 Å². The normalized spacial score (nSPS) is 11.8.